The minimum atomic E-state index is 0. The van der Waals surface area contributed by atoms with Crippen LogP contribution in [0, 0.1) is 0 Å². The van der Waals surface area contributed by atoms with Crippen molar-refractivity contribution < 1.29 is 9.84 Å². The van der Waals surface area contributed by atoms with E-state index in [1.807, 2.05) is 6.07 Å². The van der Waals surface area contributed by atoms with Crippen LogP contribution in [0.5, 0.6) is 11.5 Å². The van der Waals surface area contributed by atoms with Crippen LogP contribution in [0.25, 0.3) is 0 Å². The van der Waals surface area contributed by atoms with Gasteiger partial charge in [-0.15, -0.1) is 24.0 Å². The Morgan fingerprint density at radius 2 is 1.90 bits per heavy atom. The van der Waals surface area contributed by atoms with Crippen molar-refractivity contribution in [3.05, 3.63) is 59.7 Å². The largest absolute Gasteiger partial charge is 0.508 e. The van der Waals surface area contributed by atoms with Crippen molar-refractivity contribution in [2.75, 3.05) is 26.7 Å². The predicted octanol–water partition coefficient (Wildman–Crippen LogP) is 3.74. The highest BCUT2D eigenvalue weighted by Gasteiger charge is 2.20. The minimum Gasteiger partial charge on any atom is -0.508 e. The van der Waals surface area contributed by atoms with E-state index in [4.69, 9.17) is 4.74 Å². The van der Waals surface area contributed by atoms with Crippen molar-refractivity contribution in [1.82, 2.24) is 15.5 Å². The first-order valence-corrected chi connectivity index (χ1v) is 10.3. The molecule has 0 aromatic heterocycles. The van der Waals surface area contributed by atoms with Crippen LogP contribution in [0.15, 0.2) is 53.5 Å². The molecule has 2 aromatic rings. The second-order valence-electron chi connectivity index (χ2n) is 7.37. The van der Waals surface area contributed by atoms with Gasteiger partial charge in [-0.3, -0.25) is 4.90 Å². The van der Waals surface area contributed by atoms with E-state index in [9.17, 15) is 5.11 Å². The van der Waals surface area contributed by atoms with Crippen LogP contribution in [-0.4, -0.2) is 48.8 Å². The smallest absolute Gasteiger partial charge is 0.191 e. The highest BCUT2D eigenvalue weighted by atomic mass is 127. The first-order chi connectivity index (χ1) is 14.2. The fraction of sp³-hybridized carbons (Fsp3) is 0.435. The Bertz CT molecular complexity index is 793. The second-order valence-corrected chi connectivity index (χ2v) is 7.37. The summed E-state index contributed by atoms with van der Waals surface area (Å²) in [5.41, 5.74) is 2.12. The van der Waals surface area contributed by atoms with Crippen LogP contribution >= 0.6 is 24.0 Å². The minimum absolute atomic E-state index is 0. The summed E-state index contributed by atoms with van der Waals surface area (Å²) >= 11 is 0. The summed E-state index contributed by atoms with van der Waals surface area (Å²) in [5.74, 6) is 1.74. The zero-order valence-corrected chi connectivity index (χ0v) is 20.1. The van der Waals surface area contributed by atoms with Crippen LogP contribution < -0.4 is 15.4 Å². The third-order valence-corrected chi connectivity index (χ3v) is 5.22. The molecule has 2 aromatic carbocycles. The Balaban J connectivity index is 0.00000320. The first kappa shape index (κ1) is 24.3. The van der Waals surface area contributed by atoms with Gasteiger partial charge in [0.05, 0.1) is 13.7 Å². The van der Waals surface area contributed by atoms with Crippen molar-refractivity contribution in [2.45, 2.75) is 38.9 Å². The molecule has 7 heteroatoms. The van der Waals surface area contributed by atoms with Crippen molar-refractivity contribution in [3.63, 3.8) is 0 Å². The molecule has 0 amide bonds. The number of aromatic hydroxyl groups is 1. The molecule has 3 N–H and O–H groups in total. The van der Waals surface area contributed by atoms with Gasteiger partial charge in [-0.1, -0.05) is 30.3 Å². The Hall–Kier alpha value is -2.00. The summed E-state index contributed by atoms with van der Waals surface area (Å²) in [6.45, 7) is 6.40. The molecule has 1 aliphatic rings. The van der Waals surface area contributed by atoms with E-state index in [0.29, 0.717) is 12.6 Å². The molecule has 1 saturated heterocycles. The van der Waals surface area contributed by atoms with E-state index >= 15 is 0 Å². The average Bonchev–Trinajstić information content (AvgIpc) is 2.75. The van der Waals surface area contributed by atoms with Crippen molar-refractivity contribution in [1.29, 1.82) is 0 Å². The fourth-order valence-electron chi connectivity index (χ4n) is 3.57. The summed E-state index contributed by atoms with van der Waals surface area (Å²) in [7, 11) is 1.62. The number of piperidine rings is 1. The number of rotatable bonds is 7. The maximum absolute atomic E-state index is 10.1. The molecule has 1 heterocycles. The summed E-state index contributed by atoms with van der Waals surface area (Å²) in [5, 5.41) is 16.9. The lowest BCUT2D eigenvalue weighted by Gasteiger charge is -2.33. The van der Waals surface area contributed by atoms with Gasteiger partial charge >= 0.3 is 0 Å². The number of nitrogens with zero attached hydrogens (tertiary/aromatic N) is 2. The van der Waals surface area contributed by atoms with E-state index in [2.05, 4.69) is 57.8 Å². The van der Waals surface area contributed by atoms with E-state index in [-0.39, 0.29) is 29.7 Å². The van der Waals surface area contributed by atoms with E-state index in [0.717, 1.165) is 56.3 Å². The van der Waals surface area contributed by atoms with Gasteiger partial charge in [0.15, 0.2) is 5.96 Å². The van der Waals surface area contributed by atoms with Crippen LogP contribution in [0.2, 0.25) is 0 Å². The van der Waals surface area contributed by atoms with Crippen molar-refractivity contribution in [2.24, 2.45) is 4.99 Å². The Labute approximate surface area is 196 Å². The number of benzene rings is 2. The number of guanidine groups is 1. The second kappa shape index (κ2) is 12.6. The summed E-state index contributed by atoms with van der Waals surface area (Å²) in [4.78, 5) is 7.17. The number of ether oxygens (including phenoxy) is 1. The fourth-order valence-corrected chi connectivity index (χ4v) is 3.57. The average molecular weight is 524 g/mol. The Morgan fingerprint density at radius 1 is 1.17 bits per heavy atom. The van der Waals surface area contributed by atoms with Crippen LogP contribution in [0.3, 0.4) is 0 Å². The summed E-state index contributed by atoms with van der Waals surface area (Å²) < 4.78 is 5.24. The maximum Gasteiger partial charge on any atom is 0.191 e. The zero-order chi connectivity index (χ0) is 20.5. The molecule has 1 aliphatic heterocycles. The maximum atomic E-state index is 10.1. The molecule has 0 aliphatic carbocycles. The standard InChI is InChI=1S/C23H32N4O2.HI/c1-3-24-23(25-16-19-15-21(29-2)9-10-22(19)28)26-20-11-13-27(14-12-20)17-18-7-5-4-6-8-18;/h4-10,15,20,28H,3,11-14,16-17H2,1-2H3,(H2,24,25,26);1H. The number of likely N-dealkylation sites (tertiary alicyclic amines) is 1. The Kier molecular flexibility index (Phi) is 10.2. The lowest BCUT2D eigenvalue weighted by molar-refractivity contribution is 0.198. The summed E-state index contributed by atoms with van der Waals surface area (Å²) in [6.07, 6.45) is 2.17. The van der Waals surface area contributed by atoms with Crippen LogP contribution in [0.1, 0.15) is 30.9 Å². The molecule has 1 fully saturated rings. The topological polar surface area (TPSA) is 69.1 Å². The number of hydrogen-bond donors (Lipinski definition) is 3. The van der Waals surface area contributed by atoms with Gasteiger partial charge in [-0.2, -0.15) is 0 Å². The number of nitrogens with one attached hydrogen (secondary N) is 2. The van der Waals surface area contributed by atoms with Gasteiger partial charge in [0, 0.05) is 37.8 Å². The number of phenolic OH excluding ortho intramolecular Hbond substituents is 1. The predicted molar refractivity (Wildman–Crippen MR) is 133 cm³/mol. The number of hydrogen-bond acceptors (Lipinski definition) is 4. The van der Waals surface area contributed by atoms with E-state index < -0.39 is 0 Å². The molecule has 164 valence electrons. The quantitative estimate of drug-likeness (QED) is 0.293. The Morgan fingerprint density at radius 3 is 2.57 bits per heavy atom. The highest BCUT2D eigenvalue weighted by molar-refractivity contribution is 14.0. The third-order valence-electron chi connectivity index (χ3n) is 5.22. The first-order valence-electron chi connectivity index (χ1n) is 10.3. The molecule has 0 atom stereocenters. The lowest BCUT2D eigenvalue weighted by Crippen LogP contribution is -2.48. The highest BCUT2D eigenvalue weighted by Crippen LogP contribution is 2.23. The van der Waals surface area contributed by atoms with Gasteiger partial charge in [-0.25, -0.2) is 4.99 Å². The zero-order valence-electron chi connectivity index (χ0n) is 17.8. The van der Waals surface area contributed by atoms with Gasteiger partial charge in [-0.05, 0) is 43.5 Å². The van der Waals surface area contributed by atoms with Gasteiger partial charge in [0.25, 0.3) is 0 Å². The number of phenols is 1. The molecular formula is C23H33IN4O2. The van der Waals surface area contributed by atoms with Gasteiger partial charge < -0.3 is 20.5 Å². The third kappa shape index (κ3) is 7.36. The number of halogens is 1. The SMILES string of the molecule is CCNC(=NCc1cc(OC)ccc1O)NC1CCN(Cc2ccccc2)CC1.I. The molecule has 3 rings (SSSR count). The monoisotopic (exact) mass is 524 g/mol. The molecule has 6 nitrogen and oxygen atoms in total. The van der Waals surface area contributed by atoms with Gasteiger partial charge in [0.2, 0.25) is 0 Å². The molecule has 0 spiro atoms. The van der Waals surface area contributed by atoms with E-state index in [1.54, 1.807) is 19.2 Å². The van der Waals surface area contributed by atoms with Crippen molar-refractivity contribution >= 4 is 29.9 Å². The normalized spacial score (nSPS) is 15.3. The van der Waals surface area contributed by atoms with Crippen molar-refractivity contribution in [3.8, 4) is 11.5 Å². The molecule has 0 bridgehead atoms. The number of methoxy groups -OCH3 is 1. The van der Waals surface area contributed by atoms with Gasteiger partial charge in [0.1, 0.15) is 11.5 Å². The molecule has 0 unspecified atom stereocenters. The molecule has 0 radical (unpaired) electrons. The van der Waals surface area contributed by atoms with Crippen LogP contribution in [-0.2, 0) is 13.1 Å². The summed E-state index contributed by atoms with van der Waals surface area (Å²) in [6, 6.07) is 16.3. The number of aliphatic imine (C=N–C) groups is 1. The molecule has 30 heavy (non-hydrogen) atoms. The molecular weight excluding hydrogens is 491 g/mol. The lowest BCUT2D eigenvalue weighted by atomic mass is 10.0. The molecule has 0 saturated carbocycles. The van der Waals surface area contributed by atoms with E-state index in [1.165, 1.54) is 5.56 Å². The van der Waals surface area contributed by atoms with Crippen LogP contribution in [0.4, 0.5) is 0 Å².